The van der Waals surface area contributed by atoms with Crippen molar-refractivity contribution in [2.45, 2.75) is 12.1 Å². The van der Waals surface area contributed by atoms with Crippen molar-refractivity contribution in [3.8, 4) is 0 Å². The Labute approximate surface area is 169 Å². The van der Waals surface area contributed by atoms with Crippen molar-refractivity contribution in [2.75, 3.05) is 46.1 Å². The van der Waals surface area contributed by atoms with Gasteiger partial charge in [-0.2, -0.15) is 0 Å². The van der Waals surface area contributed by atoms with Crippen molar-refractivity contribution >= 4 is 5.91 Å². The Hall–Kier alpha value is -2.22. The maximum atomic E-state index is 14.0. The molecule has 0 bridgehead atoms. The molecule has 5 rings (SSSR count). The van der Waals surface area contributed by atoms with E-state index in [2.05, 4.69) is 9.88 Å². The van der Waals surface area contributed by atoms with Crippen LogP contribution in [-0.4, -0.2) is 72.8 Å². The summed E-state index contributed by atoms with van der Waals surface area (Å²) in [6.45, 7) is 5.07. The number of rotatable bonds is 3. The second-order valence-corrected chi connectivity index (χ2v) is 8.22. The minimum Gasteiger partial charge on any atom is -0.377 e. The molecule has 1 amide bonds. The number of likely N-dealkylation sites (tertiary alicyclic amines) is 2. The van der Waals surface area contributed by atoms with Gasteiger partial charge in [-0.1, -0.05) is 12.1 Å². The third kappa shape index (κ3) is 3.58. The van der Waals surface area contributed by atoms with Gasteiger partial charge in [0.15, 0.2) is 0 Å². The molecule has 3 atom stereocenters. The average molecular weight is 399 g/mol. The molecule has 29 heavy (non-hydrogen) atoms. The molecule has 3 fully saturated rings. The topological polar surface area (TPSA) is 57.8 Å². The maximum absolute atomic E-state index is 14.0. The molecule has 0 radical (unpaired) electrons. The first kappa shape index (κ1) is 18.8. The van der Waals surface area contributed by atoms with Crippen LogP contribution in [-0.2, 0) is 9.47 Å². The first-order valence-corrected chi connectivity index (χ1v) is 10.3. The minimum atomic E-state index is -0.265. The lowest BCUT2D eigenvalue weighted by Crippen LogP contribution is -2.42. The number of hydrogen-bond acceptors (Lipinski definition) is 4. The fourth-order valence-electron chi connectivity index (χ4n) is 5.14. The number of amides is 1. The van der Waals surface area contributed by atoms with E-state index in [4.69, 9.17) is 9.47 Å². The summed E-state index contributed by atoms with van der Waals surface area (Å²) in [4.78, 5) is 20.6. The smallest absolute Gasteiger partial charge is 0.270 e. The maximum Gasteiger partial charge on any atom is 0.270 e. The van der Waals surface area contributed by atoms with Crippen molar-refractivity contribution in [3.05, 3.63) is 59.7 Å². The Morgan fingerprint density at radius 1 is 1.07 bits per heavy atom. The zero-order valence-corrected chi connectivity index (χ0v) is 16.3. The van der Waals surface area contributed by atoms with Gasteiger partial charge >= 0.3 is 0 Å². The summed E-state index contributed by atoms with van der Waals surface area (Å²) < 4.78 is 25.4. The van der Waals surface area contributed by atoms with Crippen LogP contribution >= 0.6 is 0 Å². The van der Waals surface area contributed by atoms with Gasteiger partial charge in [-0.3, -0.25) is 9.69 Å². The van der Waals surface area contributed by atoms with Crippen LogP contribution < -0.4 is 0 Å². The summed E-state index contributed by atoms with van der Waals surface area (Å²) in [5.74, 6) is 0.328. The summed E-state index contributed by atoms with van der Waals surface area (Å²) >= 11 is 0. The van der Waals surface area contributed by atoms with Gasteiger partial charge in [-0.25, -0.2) is 4.39 Å². The van der Waals surface area contributed by atoms with Crippen LogP contribution in [0.15, 0.2) is 42.6 Å². The van der Waals surface area contributed by atoms with E-state index in [1.165, 1.54) is 6.07 Å². The van der Waals surface area contributed by atoms with E-state index in [1.54, 1.807) is 24.4 Å². The molecule has 6 nitrogen and oxygen atoms in total. The summed E-state index contributed by atoms with van der Waals surface area (Å²) in [6, 6.07) is 10.4. The molecule has 0 spiro atoms. The quantitative estimate of drug-likeness (QED) is 0.861. The Kier molecular flexibility index (Phi) is 5.11. The monoisotopic (exact) mass is 399 g/mol. The number of carbonyl (C=O) groups excluding carboxylic acids is 1. The number of carbonyl (C=O) groups is 1. The lowest BCUT2D eigenvalue weighted by Gasteiger charge is -2.32. The Morgan fingerprint density at radius 2 is 1.90 bits per heavy atom. The number of H-pyrrole nitrogens is 1. The van der Waals surface area contributed by atoms with Crippen molar-refractivity contribution < 1.29 is 18.7 Å². The second kappa shape index (κ2) is 7.89. The largest absolute Gasteiger partial charge is 0.377 e. The van der Waals surface area contributed by atoms with Gasteiger partial charge in [0.25, 0.3) is 5.91 Å². The highest BCUT2D eigenvalue weighted by molar-refractivity contribution is 5.93. The van der Waals surface area contributed by atoms with E-state index in [0.717, 1.165) is 18.7 Å². The molecule has 3 aliphatic heterocycles. The van der Waals surface area contributed by atoms with E-state index in [-0.39, 0.29) is 29.7 Å². The fraction of sp³-hybridized carbons (Fsp3) is 0.500. The van der Waals surface area contributed by atoms with Crippen LogP contribution in [0.3, 0.4) is 0 Å². The van der Waals surface area contributed by atoms with E-state index < -0.39 is 0 Å². The highest BCUT2D eigenvalue weighted by Crippen LogP contribution is 2.46. The van der Waals surface area contributed by atoms with Crippen LogP contribution in [0.2, 0.25) is 0 Å². The summed E-state index contributed by atoms with van der Waals surface area (Å²) in [6.07, 6.45) is 1.76. The Morgan fingerprint density at radius 3 is 2.62 bits per heavy atom. The summed E-state index contributed by atoms with van der Waals surface area (Å²) in [7, 11) is 0. The van der Waals surface area contributed by atoms with Crippen LogP contribution in [0.5, 0.6) is 0 Å². The fourth-order valence-corrected chi connectivity index (χ4v) is 5.14. The SMILES string of the molecule is O=C(c1ccc[nH]1)N1C[C@@H]2CN(C3COCCOC3)C[C@@H]2[C@@H]1c1cccc(F)c1. The third-order valence-electron chi connectivity index (χ3n) is 6.48. The minimum absolute atomic E-state index is 0.0219. The predicted molar refractivity (Wildman–Crippen MR) is 105 cm³/mol. The van der Waals surface area contributed by atoms with Crippen molar-refractivity contribution in [1.29, 1.82) is 0 Å². The first-order valence-electron chi connectivity index (χ1n) is 10.3. The number of fused-ring (bicyclic) bond motifs is 1. The van der Waals surface area contributed by atoms with Crippen LogP contribution in [0.25, 0.3) is 0 Å². The zero-order chi connectivity index (χ0) is 19.8. The molecule has 0 saturated carbocycles. The standard InChI is InChI=1S/C22H26FN3O3/c23-17-4-1-3-15(9-17)21-19-12-25(18-13-28-7-8-29-14-18)10-16(19)11-26(21)22(27)20-5-2-6-24-20/h1-6,9,16,18-19,21,24H,7-8,10-14H2/t16-,19-,21-/m0/s1. The van der Waals surface area contributed by atoms with Crippen molar-refractivity contribution in [3.63, 3.8) is 0 Å². The number of hydrogen-bond donors (Lipinski definition) is 1. The molecular formula is C22H26FN3O3. The molecular weight excluding hydrogens is 373 g/mol. The molecule has 1 N–H and O–H groups in total. The zero-order valence-electron chi connectivity index (χ0n) is 16.3. The van der Waals surface area contributed by atoms with Crippen LogP contribution in [0, 0.1) is 17.7 Å². The highest BCUT2D eigenvalue weighted by atomic mass is 19.1. The molecule has 2 aromatic rings. The van der Waals surface area contributed by atoms with Gasteiger partial charge in [0.1, 0.15) is 11.5 Å². The van der Waals surface area contributed by atoms with Crippen LogP contribution in [0.4, 0.5) is 4.39 Å². The van der Waals surface area contributed by atoms with Gasteiger partial charge in [0.2, 0.25) is 0 Å². The molecule has 154 valence electrons. The molecule has 3 saturated heterocycles. The average Bonchev–Trinajstić information content (AvgIpc) is 3.40. The van der Waals surface area contributed by atoms with Gasteiger partial charge in [-0.15, -0.1) is 0 Å². The number of nitrogens with one attached hydrogen (secondary N) is 1. The van der Waals surface area contributed by atoms with Gasteiger partial charge in [0.05, 0.1) is 38.5 Å². The van der Waals surface area contributed by atoms with E-state index in [1.807, 2.05) is 17.0 Å². The first-order chi connectivity index (χ1) is 14.2. The predicted octanol–water partition coefficient (Wildman–Crippen LogP) is 2.31. The van der Waals surface area contributed by atoms with Crippen molar-refractivity contribution in [1.82, 2.24) is 14.8 Å². The molecule has 4 heterocycles. The number of benzene rings is 1. The van der Waals surface area contributed by atoms with E-state index in [9.17, 15) is 9.18 Å². The Bertz CT molecular complexity index is 851. The number of aromatic nitrogens is 1. The van der Waals surface area contributed by atoms with E-state index >= 15 is 0 Å². The van der Waals surface area contributed by atoms with Gasteiger partial charge < -0.3 is 19.4 Å². The number of ether oxygens (including phenoxy) is 2. The Balaban J connectivity index is 1.42. The third-order valence-corrected chi connectivity index (χ3v) is 6.48. The molecule has 3 aliphatic rings. The molecule has 0 unspecified atom stereocenters. The molecule has 0 aliphatic carbocycles. The summed E-state index contributed by atoms with van der Waals surface area (Å²) in [5.41, 5.74) is 1.45. The number of halogens is 1. The van der Waals surface area contributed by atoms with E-state index in [0.29, 0.717) is 44.6 Å². The highest BCUT2D eigenvalue weighted by Gasteiger charge is 2.50. The normalized spacial score (nSPS) is 28.4. The molecule has 1 aromatic carbocycles. The van der Waals surface area contributed by atoms with Gasteiger partial charge in [-0.05, 0) is 35.7 Å². The lowest BCUT2D eigenvalue weighted by molar-refractivity contribution is 0.0608. The summed E-state index contributed by atoms with van der Waals surface area (Å²) in [5, 5.41) is 0. The number of nitrogens with zero attached hydrogens (tertiary/aromatic N) is 2. The van der Waals surface area contributed by atoms with Gasteiger partial charge in [0, 0.05) is 31.7 Å². The lowest BCUT2D eigenvalue weighted by atomic mass is 9.89. The number of aromatic amines is 1. The molecule has 1 aromatic heterocycles. The molecule has 7 heteroatoms. The van der Waals surface area contributed by atoms with Crippen LogP contribution in [0.1, 0.15) is 22.1 Å². The van der Waals surface area contributed by atoms with Crippen molar-refractivity contribution in [2.24, 2.45) is 11.8 Å². The second-order valence-electron chi connectivity index (χ2n) is 8.22.